The lowest BCUT2D eigenvalue weighted by Crippen LogP contribution is -2.30. The summed E-state index contributed by atoms with van der Waals surface area (Å²) in [6, 6.07) is 1.88. The highest BCUT2D eigenvalue weighted by atomic mass is 16.2. The fourth-order valence-corrected chi connectivity index (χ4v) is 3.46. The largest absolute Gasteiger partial charge is 0.338 e. The predicted octanol–water partition coefficient (Wildman–Crippen LogP) is 2.11. The Labute approximate surface area is 143 Å². The van der Waals surface area contributed by atoms with Gasteiger partial charge in [-0.3, -0.25) is 4.79 Å². The minimum Gasteiger partial charge on any atom is -0.338 e. The Hall–Kier alpha value is -1.95. The van der Waals surface area contributed by atoms with Crippen molar-refractivity contribution in [2.24, 2.45) is 11.8 Å². The molecule has 6 heteroatoms. The number of aromatic nitrogens is 3. The van der Waals surface area contributed by atoms with Crippen LogP contribution in [0.1, 0.15) is 30.6 Å². The van der Waals surface area contributed by atoms with E-state index < -0.39 is 0 Å². The molecule has 0 saturated carbocycles. The first kappa shape index (κ1) is 16.9. The smallest absolute Gasteiger partial charge is 0.255 e. The highest BCUT2D eigenvalue weighted by molar-refractivity contribution is 5.96. The van der Waals surface area contributed by atoms with Crippen LogP contribution in [0, 0.1) is 11.8 Å². The van der Waals surface area contributed by atoms with Gasteiger partial charge in [-0.1, -0.05) is 13.8 Å². The van der Waals surface area contributed by atoms with Crippen molar-refractivity contribution in [2.45, 2.75) is 26.8 Å². The fraction of sp³-hybridized carbons (Fsp3) is 0.611. The number of imidazole rings is 1. The van der Waals surface area contributed by atoms with Gasteiger partial charge in [0.25, 0.3) is 5.91 Å². The van der Waals surface area contributed by atoms with E-state index in [-0.39, 0.29) is 5.91 Å². The molecule has 0 N–H and O–H groups in total. The summed E-state index contributed by atoms with van der Waals surface area (Å²) in [4.78, 5) is 25.8. The maximum Gasteiger partial charge on any atom is 0.255 e. The topological polar surface area (TPSA) is 54.3 Å². The Morgan fingerprint density at radius 2 is 2.17 bits per heavy atom. The van der Waals surface area contributed by atoms with Crippen LogP contribution >= 0.6 is 0 Å². The number of amides is 1. The quantitative estimate of drug-likeness (QED) is 0.843. The SMILES string of the molecule is CC(C)Cn1cnc2cc(C(=O)N3CCC(CN(C)C)C3)cnc21. The van der Waals surface area contributed by atoms with E-state index in [4.69, 9.17) is 0 Å². The first-order valence-electron chi connectivity index (χ1n) is 8.69. The van der Waals surface area contributed by atoms with Crippen molar-refractivity contribution in [2.75, 3.05) is 33.7 Å². The molecule has 130 valence electrons. The molecule has 0 bridgehead atoms. The zero-order valence-corrected chi connectivity index (χ0v) is 15.1. The minimum atomic E-state index is 0.0732. The van der Waals surface area contributed by atoms with Gasteiger partial charge in [0, 0.05) is 32.4 Å². The summed E-state index contributed by atoms with van der Waals surface area (Å²) in [7, 11) is 4.16. The van der Waals surface area contributed by atoms with Crippen LogP contribution in [0.25, 0.3) is 11.2 Å². The van der Waals surface area contributed by atoms with Crippen molar-refractivity contribution in [3.8, 4) is 0 Å². The first-order chi connectivity index (χ1) is 11.4. The van der Waals surface area contributed by atoms with Crippen molar-refractivity contribution >= 4 is 17.1 Å². The van der Waals surface area contributed by atoms with Gasteiger partial charge in [-0.15, -0.1) is 0 Å². The highest BCUT2D eigenvalue weighted by Gasteiger charge is 2.27. The summed E-state index contributed by atoms with van der Waals surface area (Å²) in [5.74, 6) is 1.17. The molecule has 0 aromatic carbocycles. The number of carbonyl (C=O) groups excluding carboxylic acids is 1. The molecular weight excluding hydrogens is 302 g/mol. The van der Waals surface area contributed by atoms with Crippen LogP contribution in [0.15, 0.2) is 18.6 Å². The molecule has 3 rings (SSSR count). The van der Waals surface area contributed by atoms with Gasteiger partial charge in [-0.05, 0) is 38.4 Å². The summed E-state index contributed by atoms with van der Waals surface area (Å²) < 4.78 is 2.05. The third-order valence-corrected chi connectivity index (χ3v) is 4.46. The van der Waals surface area contributed by atoms with Crippen molar-refractivity contribution < 1.29 is 4.79 Å². The van der Waals surface area contributed by atoms with E-state index in [0.717, 1.165) is 43.8 Å². The molecule has 24 heavy (non-hydrogen) atoms. The van der Waals surface area contributed by atoms with Crippen molar-refractivity contribution in [3.05, 3.63) is 24.2 Å². The minimum absolute atomic E-state index is 0.0732. The molecule has 0 spiro atoms. The monoisotopic (exact) mass is 329 g/mol. The van der Waals surface area contributed by atoms with Gasteiger partial charge in [-0.25, -0.2) is 9.97 Å². The molecule has 1 atom stereocenters. The van der Waals surface area contributed by atoms with Crippen LogP contribution in [0.2, 0.25) is 0 Å². The lowest BCUT2D eigenvalue weighted by atomic mass is 10.1. The maximum absolute atomic E-state index is 12.7. The van der Waals surface area contributed by atoms with E-state index in [1.165, 1.54) is 0 Å². The number of hydrogen-bond donors (Lipinski definition) is 0. The van der Waals surface area contributed by atoms with Crippen molar-refractivity contribution in [1.82, 2.24) is 24.3 Å². The molecule has 0 aliphatic carbocycles. The molecule has 2 aromatic heterocycles. The lowest BCUT2D eigenvalue weighted by molar-refractivity contribution is 0.0785. The maximum atomic E-state index is 12.7. The van der Waals surface area contributed by atoms with Crippen LogP contribution < -0.4 is 0 Å². The number of nitrogens with zero attached hydrogens (tertiary/aromatic N) is 5. The summed E-state index contributed by atoms with van der Waals surface area (Å²) in [5, 5.41) is 0. The van der Waals surface area contributed by atoms with Crippen molar-refractivity contribution in [3.63, 3.8) is 0 Å². The number of carbonyl (C=O) groups is 1. The summed E-state index contributed by atoms with van der Waals surface area (Å²) in [6.45, 7) is 7.91. The molecule has 1 saturated heterocycles. The molecule has 3 heterocycles. The molecule has 1 unspecified atom stereocenters. The number of hydrogen-bond acceptors (Lipinski definition) is 4. The summed E-state index contributed by atoms with van der Waals surface area (Å²) in [5.41, 5.74) is 2.29. The zero-order chi connectivity index (χ0) is 17.3. The summed E-state index contributed by atoms with van der Waals surface area (Å²) in [6.07, 6.45) is 4.58. The molecular formula is C18H27N5O. The molecule has 1 amide bonds. The number of fused-ring (bicyclic) bond motifs is 1. The molecule has 1 fully saturated rings. The van der Waals surface area contributed by atoms with E-state index >= 15 is 0 Å². The Bertz CT molecular complexity index is 721. The molecule has 1 aliphatic heterocycles. The van der Waals surface area contributed by atoms with Crippen molar-refractivity contribution in [1.29, 1.82) is 0 Å². The number of rotatable bonds is 5. The lowest BCUT2D eigenvalue weighted by Gasteiger charge is -2.18. The Morgan fingerprint density at radius 1 is 1.38 bits per heavy atom. The van der Waals surface area contributed by atoms with Crippen LogP contribution in [0.3, 0.4) is 0 Å². The van der Waals surface area contributed by atoms with Crippen LogP contribution in [-0.4, -0.2) is 64.0 Å². The van der Waals surface area contributed by atoms with E-state index in [1.807, 2.05) is 17.3 Å². The van der Waals surface area contributed by atoms with Crippen LogP contribution in [-0.2, 0) is 6.54 Å². The third kappa shape index (κ3) is 3.59. The average Bonchev–Trinajstić information content (AvgIpc) is 3.12. The fourth-order valence-electron chi connectivity index (χ4n) is 3.46. The van der Waals surface area contributed by atoms with Gasteiger partial charge in [0.1, 0.15) is 5.52 Å². The van der Waals surface area contributed by atoms with Crippen LogP contribution in [0.4, 0.5) is 0 Å². The Kier molecular flexibility index (Phi) is 4.85. The number of likely N-dealkylation sites (tertiary alicyclic amines) is 1. The molecule has 2 aromatic rings. The average molecular weight is 329 g/mol. The number of pyridine rings is 1. The van der Waals surface area contributed by atoms with E-state index in [1.54, 1.807) is 6.20 Å². The highest BCUT2D eigenvalue weighted by Crippen LogP contribution is 2.20. The molecule has 6 nitrogen and oxygen atoms in total. The standard InChI is InChI=1S/C18H27N5O/c1-13(2)9-23-12-20-16-7-15(8-19-17(16)23)18(24)22-6-5-14(11-22)10-21(3)4/h7-8,12-14H,5-6,9-11H2,1-4H3. The van der Waals surface area contributed by atoms with Gasteiger partial charge in [0.15, 0.2) is 5.65 Å². The second kappa shape index (κ2) is 6.89. The Balaban J connectivity index is 1.74. The predicted molar refractivity (Wildman–Crippen MR) is 94.9 cm³/mol. The zero-order valence-electron chi connectivity index (χ0n) is 15.1. The summed E-state index contributed by atoms with van der Waals surface area (Å²) >= 11 is 0. The molecule has 0 radical (unpaired) electrons. The Morgan fingerprint density at radius 3 is 2.88 bits per heavy atom. The second-order valence-electron chi connectivity index (χ2n) is 7.53. The van der Waals surface area contributed by atoms with Crippen LogP contribution in [0.5, 0.6) is 0 Å². The van der Waals surface area contributed by atoms with Gasteiger partial charge >= 0.3 is 0 Å². The first-order valence-corrected chi connectivity index (χ1v) is 8.69. The van der Waals surface area contributed by atoms with E-state index in [9.17, 15) is 4.79 Å². The normalized spacial score (nSPS) is 18.2. The third-order valence-electron chi connectivity index (χ3n) is 4.46. The van der Waals surface area contributed by atoms with Gasteiger partial charge in [-0.2, -0.15) is 0 Å². The molecule has 1 aliphatic rings. The van der Waals surface area contributed by atoms with E-state index in [2.05, 4.69) is 47.4 Å². The van der Waals surface area contributed by atoms with Gasteiger partial charge in [0.2, 0.25) is 0 Å². The van der Waals surface area contributed by atoms with Gasteiger partial charge in [0.05, 0.1) is 11.9 Å². The second-order valence-corrected chi connectivity index (χ2v) is 7.53. The van der Waals surface area contributed by atoms with Gasteiger partial charge < -0.3 is 14.4 Å². The van der Waals surface area contributed by atoms with E-state index in [0.29, 0.717) is 17.4 Å².